The van der Waals surface area contributed by atoms with Gasteiger partial charge in [0.05, 0.1) is 0 Å². The highest BCUT2D eigenvalue weighted by Gasteiger charge is 2.31. The summed E-state index contributed by atoms with van der Waals surface area (Å²) in [6.45, 7) is 9.03. The summed E-state index contributed by atoms with van der Waals surface area (Å²) in [5.41, 5.74) is 0. The fraction of sp³-hybridized carbons (Fsp3) is 0.923. The van der Waals surface area contributed by atoms with E-state index >= 15 is 0 Å². The Hall–Kier alpha value is -0.370. The largest absolute Gasteiger partial charge is 0.300 e. The monoisotopic (exact) mass is 211 g/mol. The molecule has 0 aromatic carbocycles. The van der Waals surface area contributed by atoms with Crippen LogP contribution in [0.1, 0.15) is 47.0 Å². The number of carbonyl (C=O) groups excluding carboxylic acids is 1. The van der Waals surface area contributed by atoms with Gasteiger partial charge in [0.25, 0.3) is 0 Å². The van der Waals surface area contributed by atoms with Crippen LogP contribution in [0, 0.1) is 11.8 Å². The minimum Gasteiger partial charge on any atom is -0.300 e. The van der Waals surface area contributed by atoms with Crippen LogP contribution in [-0.2, 0) is 4.79 Å². The van der Waals surface area contributed by atoms with E-state index in [-0.39, 0.29) is 0 Å². The van der Waals surface area contributed by atoms with Crippen molar-refractivity contribution in [3.63, 3.8) is 0 Å². The number of rotatable bonds is 3. The third-order valence-electron chi connectivity index (χ3n) is 4.10. The molecule has 1 fully saturated rings. The number of ketones is 1. The van der Waals surface area contributed by atoms with Crippen molar-refractivity contribution in [3.05, 3.63) is 0 Å². The standard InChI is InChI=1S/C13H25NO/c1-9(2)11(4)14(5)13-8-12(15)7-6-10(13)3/h9-11,13H,6-8H2,1-5H3. The molecule has 0 radical (unpaired) electrons. The Morgan fingerprint density at radius 2 is 1.93 bits per heavy atom. The van der Waals surface area contributed by atoms with Crippen LogP contribution in [-0.4, -0.2) is 29.8 Å². The molecule has 1 rings (SSSR count). The number of carbonyl (C=O) groups is 1. The van der Waals surface area contributed by atoms with Crippen LogP contribution < -0.4 is 0 Å². The molecular formula is C13H25NO. The summed E-state index contributed by atoms with van der Waals surface area (Å²) in [6, 6.07) is 1.02. The second-order valence-corrected chi connectivity index (χ2v) is 5.48. The normalized spacial score (nSPS) is 29.9. The molecular weight excluding hydrogens is 186 g/mol. The minimum atomic E-state index is 0.445. The fourth-order valence-electron chi connectivity index (χ4n) is 2.44. The molecule has 3 unspecified atom stereocenters. The van der Waals surface area contributed by atoms with Gasteiger partial charge < -0.3 is 0 Å². The molecule has 2 nitrogen and oxygen atoms in total. The van der Waals surface area contributed by atoms with E-state index in [2.05, 4.69) is 39.6 Å². The maximum Gasteiger partial charge on any atom is 0.134 e. The first kappa shape index (κ1) is 12.7. The Morgan fingerprint density at radius 3 is 2.47 bits per heavy atom. The van der Waals surface area contributed by atoms with E-state index in [0.29, 0.717) is 29.7 Å². The molecule has 0 spiro atoms. The van der Waals surface area contributed by atoms with Crippen LogP contribution in [0.3, 0.4) is 0 Å². The summed E-state index contributed by atoms with van der Waals surface area (Å²) in [6.07, 6.45) is 2.62. The maximum absolute atomic E-state index is 11.5. The zero-order valence-electron chi connectivity index (χ0n) is 10.8. The van der Waals surface area contributed by atoms with Crippen molar-refractivity contribution in [2.75, 3.05) is 7.05 Å². The van der Waals surface area contributed by atoms with Gasteiger partial charge in [-0.2, -0.15) is 0 Å². The maximum atomic E-state index is 11.5. The number of Topliss-reactive ketones (excluding diaryl/α,β-unsaturated/α-hetero) is 1. The highest BCUT2D eigenvalue weighted by Crippen LogP contribution is 2.27. The van der Waals surface area contributed by atoms with E-state index < -0.39 is 0 Å². The van der Waals surface area contributed by atoms with Crippen molar-refractivity contribution >= 4 is 5.78 Å². The van der Waals surface area contributed by atoms with Gasteiger partial charge in [-0.25, -0.2) is 0 Å². The summed E-state index contributed by atoms with van der Waals surface area (Å²) in [5, 5.41) is 0. The molecule has 15 heavy (non-hydrogen) atoms. The lowest BCUT2D eigenvalue weighted by Gasteiger charge is -2.40. The molecule has 0 heterocycles. The van der Waals surface area contributed by atoms with Crippen LogP contribution >= 0.6 is 0 Å². The Balaban J connectivity index is 2.63. The van der Waals surface area contributed by atoms with Crippen molar-refractivity contribution in [1.82, 2.24) is 4.90 Å². The first-order chi connectivity index (χ1) is 6.93. The van der Waals surface area contributed by atoms with Crippen molar-refractivity contribution in [2.45, 2.75) is 59.0 Å². The zero-order chi connectivity index (χ0) is 11.6. The summed E-state index contributed by atoms with van der Waals surface area (Å²) < 4.78 is 0. The van der Waals surface area contributed by atoms with E-state index in [9.17, 15) is 4.79 Å². The Labute approximate surface area is 94.0 Å². The van der Waals surface area contributed by atoms with Crippen LogP contribution in [0.5, 0.6) is 0 Å². The molecule has 0 aromatic rings. The molecule has 0 aliphatic heterocycles. The molecule has 2 heteroatoms. The van der Waals surface area contributed by atoms with E-state index in [0.717, 1.165) is 19.3 Å². The van der Waals surface area contributed by atoms with Crippen molar-refractivity contribution in [2.24, 2.45) is 11.8 Å². The van der Waals surface area contributed by atoms with E-state index in [1.807, 2.05) is 0 Å². The van der Waals surface area contributed by atoms with Crippen molar-refractivity contribution < 1.29 is 4.79 Å². The topological polar surface area (TPSA) is 20.3 Å². The molecule has 3 atom stereocenters. The van der Waals surface area contributed by atoms with Gasteiger partial charge in [0, 0.05) is 24.9 Å². The van der Waals surface area contributed by atoms with Crippen LogP contribution in [0.2, 0.25) is 0 Å². The first-order valence-electron chi connectivity index (χ1n) is 6.17. The van der Waals surface area contributed by atoms with Crippen LogP contribution in [0.15, 0.2) is 0 Å². The van der Waals surface area contributed by atoms with Crippen LogP contribution in [0.4, 0.5) is 0 Å². The molecule has 0 aromatic heterocycles. The van der Waals surface area contributed by atoms with Crippen molar-refractivity contribution in [1.29, 1.82) is 0 Å². The lowest BCUT2D eigenvalue weighted by molar-refractivity contribution is -0.123. The highest BCUT2D eigenvalue weighted by atomic mass is 16.1. The minimum absolute atomic E-state index is 0.445. The predicted octanol–water partition coefficient (Wildman–Crippen LogP) is 2.72. The molecule has 0 saturated heterocycles. The van der Waals surface area contributed by atoms with Gasteiger partial charge in [0.1, 0.15) is 5.78 Å². The summed E-state index contributed by atoms with van der Waals surface area (Å²) in [5.74, 6) is 1.76. The van der Waals surface area contributed by atoms with Gasteiger partial charge >= 0.3 is 0 Å². The second kappa shape index (κ2) is 5.11. The van der Waals surface area contributed by atoms with Gasteiger partial charge in [0.15, 0.2) is 0 Å². The highest BCUT2D eigenvalue weighted by molar-refractivity contribution is 5.79. The van der Waals surface area contributed by atoms with E-state index in [4.69, 9.17) is 0 Å². The molecule has 0 amide bonds. The fourth-order valence-corrected chi connectivity index (χ4v) is 2.44. The second-order valence-electron chi connectivity index (χ2n) is 5.48. The van der Waals surface area contributed by atoms with Gasteiger partial charge in [-0.05, 0) is 32.2 Å². The number of hydrogen-bond acceptors (Lipinski definition) is 2. The zero-order valence-corrected chi connectivity index (χ0v) is 10.8. The van der Waals surface area contributed by atoms with E-state index in [1.165, 1.54) is 0 Å². The predicted molar refractivity (Wildman–Crippen MR) is 63.9 cm³/mol. The van der Waals surface area contributed by atoms with Crippen LogP contribution in [0.25, 0.3) is 0 Å². The Kier molecular flexibility index (Phi) is 4.32. The summed E-state index contributed by atoms with van der Waals surface area (Å²) in [7, 11) is 2.17. The van der Waals surface area contributed by atoms with Gasteiger partial charge in [-0.3, -0.25) is 9.69 Å². The molecule has 0 N–H and O–H groups in total. The quantitative estimate of drug-likeness (QED) is 0.715. The summed E-state index contributed by atoms with van der Waals surface area (Å²) >= 11 is 0. The molecule has 88 valence electrons. The van der Waals surface area contributed by atoms with Gasteiger partial charge in [0.2, 0.25) is 0 Å². The molecule has 0 bridgehead atoms. The lowest BCUT2D eigenvalue weighted by atomic mass is 9.83. The number of hydrogen-bond donors (Lipinski definition) is 0. The third kappa shape index (κ3) is 3.04. The summed E-state index contributed by atoms with van der Waals surface area (Å²) in [4.78, 5) is 13.9. The smallest absolute Gasteiger partial charge is 0.134 e. The molecule has 1 aliphatic carbocycles. The first-order valence-corrected chi connectivity index (χ1v) is 6.17. The average molecular weight is 211 g/mol. The average Bonchev–Trinajstić information content (AvgIpc) is 2.19. The molecule has 1 aliphatic rings. The van der Waals surface area contributed by atoms with Gasteiger partial charge in [-0.15, -0.1) is 0 Å². The molecule has 1 saturated carbocycles. The van der Waals surface area contributed by atoms with Crippen molar-refractivity contribution in [3.8, 4) is 0 Å². The Bertz CT molecular complexity index is 225. The lowest BCUT2D eigenvalue weighted by Crippen LogP contribution is -2.47. The third-order valence-corrected chi connectivity index (χ3v) is 4.10. The Morgan fingerprint density at radius 1 is 1.33 bits per heavy atom. The number of nitrogens with zero attached hydrogens (tertiary/aromatic N) is 1. The van der Waals surface area contributed by atoms with E-state index in [1.54, 1.807) is 0 Å². The van der Waals surface area contributed by atoms with Gasteiger partial charge in [-0.1, -0.05) is 20.8 Å². The SMILES string of the molecule is CC(C)C(C)N(C)C1CC(=O)CCC1C.